The lowest BCUT2D eigenvalue weighted by molar-refractivity contribution is 0.508. The summed E-state index contributed by atoms with van der Waals surface area (Å²) < 4.78 is 51.8. The fourth-order valence-corrected chi connectivity index (χ4v) is 3.43. The van der Waals surface area contributed by atoms with E-state index >= 15 is 0 Å². The Morgan fingerprint density at radius 2 is 1.88 bits per heavy atom. The fourth-order valence-electron chi connectivity index (χ4n) is 2.29. The van der Waals surface area contributed by atoms with Gasteiger partial charge in [-0.15, -0.1) is 0 Å². The minimum Gasteiger partial charge on any atom is -0.337 e. The van der Waals surface area contributed by atoms with Crippen LogP contribution in [0.3, 0.4) is 0 Å². The molecule has 5 nitrogen and oxygen atoms in total. The summed E-state index contributed by atoms with van der Waals surface area (Å²) in [6.07, 6.45) is 1.43. The van der Waals surface area contributed by atoms with E-state index in [0.29, 0.717) is 16.6 Å². The number of sulfonamides is 1. The minimum atomic E-state index is -3.58. The van der Waals surface area contributed by atoms with Gasteiger partial charge in [0, 0.05) is 14.1 Å². The molecule has 0 bridgehead atoms. The highest BCUT2D eigenvalue weighted by atomic mass is 35.5. The second kappa shape index (κ2) is 6.79. The van der Waals surface area contributed by atoms with Crippen LogP contribution in [0, 0.1) is 11.6 Å². The first-order chi connectivity index (χ1) is 12.2. The SMILES string of the molecule is CN(C)S(=O)(=O)c1ccc2nc(/C(Cl)=C/c3ccc(F)c(F)c3)[nH]c2c1. The molecule has 0 radical (unpaired) electrons. The van der Waals surface area contributed by atoms with E-state index in [-0.39, 0.29) is 15.8 Å². The third-order valence-electron chi connectivity index (χ3n) is 3.70. The van der Waals surface area contributed by atoms with E-state index in [4.69, 9.17) is 11.6 Å². The molecule has 0 unspecified atom stereocenters. The molecule has 1 aromatic heterocycles. The first-order valence-electron chi connectivity index (χ1n) is 7.43. The van der Waals surface area contributed by atoms with Crippen molar-refractivity contribution in [1.29, 1.82) is 0 Å². The number of nitrogens with one attached hydrogen (secondary N) is 1. The molecule has 1 N–H and O–H groups in total. The van der Waals surface area contributed by atoms with E-state index in [1.165, 1.54) is 38.4 Å². The summed E-state index contributed by atoms with van der Waals surface area (Å²) >= 11 is 6.21. The molecule has 0 aliphatic rings. The van der Waals surface area contributed by atoms with Crippen LogP contribution in [0.5, 0.6) is 0 Å². The van der Waals surface area contributed by atoms with Gasteiger partial charge in [0.15, 0.2) is 11.6 Å². The van der Waals surface area contributed by atoms with Crippen molar-refractivity contribution in [2.75, 3.05) is 14.1 Å². The van der Waals surface area contributed by atoms with Crippen LogP contribution in [0.25, 0.3) is 22.1 Å². The van der Waals surface area contributed by atoms with Crippen LogP contribution >= 0.6 is 11.6 Å². The molecule has 0 fully saturated rings. The number of imidazole rings is 1. The molecule has 0 aliphatic heterocycles. The average Bonchev–Trinajstić information content (AvgIpc) is 3.01. The first kappa shape index (κ1) is 18.5. The van der Waals surface area contributed by atoms with Gasteiger partial charge in [-0.1, -0.05) is 17.7 Å². The molecule has 0 saturated carbocycles. The zero-order chi connectivity index (χ0) is 19.1. The number of H-pyrrole nitrogens is 1. The quantitative estimate of drug-likeness (QED) is 0.727. The molecule has 9 heteroatoms. The topological polar surface area (TPSA) is 66.1 Å². The molecule has 26 heavy (non-hydrogen) atoms. The third-order valence-corrected chi connectivity index (χ3v) is 5.79. The Morgan fingerprint density at radius 1 is 1.15 bits per heavy atom. The van der Waals surface area contributed by atoms with Crippen LogP contribution in [-0.2, 0) is 10.0 Å². The van der Waals surface area contributed by atoms with E-state index in [2.05, 4.69) is 9.97 Å². The van der Waals surface area contributed by atoms with Gasteiger partial charge in [0.2, 0.25) is 10.0 Å². The van der Waals surface area contributed by atoms with Gasteiger partial charge >= 0.3 is 0 Å². The highest BCUT2D eigenvalue weighted by molar-refractivity contribution is 7.89. The van der Waals surface area contributed by atoms with Gasteiger partial charge in [0.05, 0.1) is 21.0 Å². The van der Waals surface area contributed by atoms with Crippen molar-refractivity contribution in [3.05, 3.63) is 59.4 Å². The van der Waals surface area contributed by atoms with Gasteiger partial charge in [0.1, 0.15) is 5.82 Å². The number of benzene rings is 2. The van der Waals surface area contributed by atoms with Crippen LogP contribution in [0.15, 0.2) is 41.3 Å². The Labute approximate surface area is 154 Å². The summed E-state index contributed by atoms with van der Waals surface area (Å²) in [6, 6.07) is 7.88. The largest absolute Gasteiger partial charge is 0.337 e. The van der Waals surface area contributed by atoms with Gasteiger partial charge in [-0.2, -0.15) is 0 Å². The Bertz CT molecular complexity index is 1120. The second-order valence-corrected chi connectivity index (χ2v) is 8.28. The third kappa shape index (κ3) is 3.48. The van der Waals surface area contributed by atoms with Crippen molar-refractivity contribution in [3.63, 3.8) is 0 Å². The highest BCUT2D eigenvalue weighted by Gasteiger charge is 2.18. The lowest BCUT2D eigenvalue weighted by Crippen LogP contribution is -2.22. The molecule has 3 rings (SSSR count). The number of fused-ring (bicyclic) bond motifs is 1. The molecule has 1 heterocycles. The van der Waals surface area contributed by atoms with Crippen LogP contribution in [0.4, 0.5) is 8.78 Å². The summed E-state index contributed by atoms with van der Waals surface area (Å²) in [5, 5.41) is 0.171. The van der Waals surface area contributed by atoms with Gasteiger partial charge in [-0.3, -0.25) is 0 Å². The maximum atomic E-state index is 13.3. The summed E-state index contributed by atoms with van der Waals surface area (Å²) in [5.41, 5.74) is 1.37. The van der Waals surface area contributed by atoms with E-state index in [1.807, 2.05) is 0 Å². The van der Waals surface area contributed by atoms with Crippen LogP contribution in [0.1, 0.15) is 11.4 Å². The van der Waals surface area contributed by atoms with Crippen LogP contribution in [-0.4, -0.2) is 36.8 Å². The molecule has 0 atom stereocenters. The molecule has 2 aromatic carbocycles. The minimum absolute atomic E-state index is 0.117. The Hall–Kier alpha value is -2.29. The Kier molecular flexibility index (Phi) is 4.83. The van der Waals surface area contributed by atoms with Gasteiger partial charge in [-0.25, -0.2) is 26.5 Å². The molecule has 0 saturated heterocycles. The molecule has 3 aromatic rings. The summed E-state index contributed by atoms with van der Waals surface area (Å²) in [5.74, 6) is -1.64. The van der Waals surface area contributed by atoms with E-state index < -0.39 is 21.7 Å². The number of aromatic amines is 1. The van der Waals surface area contributed by atoms with E-state index in [1.54, 1.807) is 6.07 Å². The summed E-state index contributed by atoms with van der Waals surface area (Å²) in [6.45, 7) is 0. The maximum Gasteiger partial charge on any atom is 0.242 e. The molecular formula is C17H14ClF2N3O2S. The number of rotatable bonds is 4. The van der Waals surface area contributed by atoms with Crippen LogP contribution in [0.2, 0.25) is 0 Å². The Balaban J connectivity index is 2.00. The van der Waals surface area contributed by atoms with Crippen molar-refractivity contribution in [2.45, 2.75) is 4.90 Å². The molecule has 0 amide bonds. The molecular weight excluding hydrogens is 384 g/mol. The van der Waals surface area contributed by atoms with Gasteiger partial charge < -0.3 is 4.98 Å². The lowest BCUT2D eigenvalue weighted by Gasteiger charge is -2.10. The fraction of sp³-hybridized carbons (Fsp3) is 0.118. The normalized spacial score (nSPS) is 12.9. The number of aromatic nitrogens is 2. The zero-order valence-corrected chi connectivity index (χ0v) is 15.4. The van der Waals surface area contributed by atoms with Crippen molar-refractivity contribution in [1.82, 2.24) is 14.3 Å². The second-order valence-electron chi connectivity index (χ2n) is 5.72. The first-order valence-corrected chi connectivity index (χ1v) is 9.25. The van der Waals surface area contributed by atoms with Crippen molar-refractivity contribution in [2.24, 2.45) is 0 Å². The van der Waals surface area contributed by atoms with Gasteiger partial charge in [-0.05, 0) is 42.0 Å². The summed E-state index contributed by atoms with van der Waals surface area (Å²) in [4.78, 5) is 7.33. The monoisotopic (exact) mass is 397 g/mol. The highest BCUT2D eigenvalue weighted by Crippen LogP contribution is 2.25. The van der Waals surface area contributed by atoms with Crippen molar-refractivity contribution in [3.8, 4) is 0 Å². The van der Waals surface area contributed by atoms with Gasteiger partial charge in [0.25, 0.3) is 0 Å². The maximum absolute atomic E-state index is 13.3. The standard InChI is InChI=1S/C17H14ClF2N3O2S/c1-23(2)26(24,25)11-4-6-15-16(9-11)22-17(21-15)12(18)7-10-3-5-13(19)14(20)8-10/h3-9H,1-2H3,(H,21,22)/b12-7-. The Morgan fingerprint density at radius 3 is 2.54 bits per heavy atom. The molecule has 0 spiro atoms. The summed E-state index contributed by atoms with van der Waals surface area (Å²) in [7, 11) is -0.688. The zero-order valence-electron chi connectivity index (χ0n) is 13.8. The predicted octanol–water partition coefficient (Wildman–Crippen LogP) is 3.83. The number of nitrogens with zero attached hydrogens (tertiary/aromatic N) is 2. The van der Waals surface area contributed by atoms with Crippen molar-refractivity contribution < 1.29 is 17.2 Å². The molecule has 136 valence electrons. The van der Waals surface area contributed by atoms with Crippen LogP contribution < -0.4 is 0 Å². The predicted molar refractivity (Wildman–Crippen MR) is 97.0 cm³/mol. The van der Waals surface area contributed by atoms with Crippen molar-refractivity contribution >= 4 is 43.8 Å². The number of hydrogen-bond donors (Lipinski definition) is 1. The van der Waals surface area contributed by atoms with E-state index in [9.17, 15) is 17.2 Å². The molecule has 0 aliphatic carbocycles. The number of hydrogen-bond acceptors (Lipinski definition) is 3. The smallest absolute Gasteiger partial charge is 0.242 e. The number of halogens is 3. The lowest BCUT2D eigenvalue weighted by atomic mass is 10.2. The average molecular weight is 398 g/mol. The van der Waals surface area contributed by atoms with E-state index in [0.717, 1.165) is 16.4 Å².